The third kappa shape index (κ3) is 5.99. The van der Waals surface area contributed by atoms with E-state index >= 15 is 0 Å². The molecule has 6 nitrogen and oxygen atoms in total. The van der Waals surface area contributed by atoms with Gasteiger partial charge in [-0.05, 0) is 52.9 Å². The van der Waals surface area contributed by atoms with Crippen molar-refractivity contribution in [1.82, 2.24) is 10.9 Å². The minimum Gasteiger partial charge on any atom is -0.326 e. The number of carbonyl (C=O) groups excluding carboxylic acids is 3. The highest BCUT2D eigenvalue weighted by Crippen LogP contribution is 2.07. The van der Waals surface area contributed by atoms with Gasteiger partial charge in [-0.3, -0.25) is 25.2 Å². The number of para-hydroxylation sites is 1. The van der Waals surface area contributed by atoms with Gasteiger partial charge in [-0.1, -0.05) is 24.3 Å². The van der Waals surface area contributed by atoms with E-state index in [-0.39, 0.29) is 18.7 Å². The van der Waals surface area contributed by atoms with E-state index in [4.69, 9.17) is 0 Å². The molecule has 0 bridgehead atoms. The second-order valence-corrected chi connectivity index (χ2v) is 6.17. The molecule has 3 N–H and O–H groups in total. The van der Waals surface area contributed by atoms with Crippen LogP contribution in [0.1, 0.15) is 23.2 Å². The Kier molecular flexibility index (Phi) is 6.74. The number of hydrazine groups is 1. The topological polar surface area (TPSA) is 87.3 Å². The molecule has 124 valence electrons. The zero-order chi connectivity index (χ0) is 17.4. The zero-order valence-corrected chi connectivity index (χ0v) is 14.9. The second kappa shape index (κ2) is 9.02. The van der Waals surface area contributed by atoms with Crippen LogP contribution in [0.15, 0.2) is 54.6 Å². The standard InChI is InChI=1S/C17H16IN3O3/c18-13-6-4-5-12(11-13)17(24)21-20-16(23)10-9-15(22)19-14-7-2-1-3-8-14/h1-8,11H,9-10H2,(H,19,22)(H,20,23)(H,21,24). The summed E-state index contributed by atoms with van der Waals surface area (Å²) in [6.45, 7) is 0. The summed E-state index contributed by atoms with van der Waals surface area (Å²) in [5.74, 6) is -1.10. The summed E-state index contributed by atoms with van der Waals surface area (Å²) >= 11 is 2.10. The SMILES string of the molecule is O=C(CCC(=O)Nc1ccccc1)NNC(=O)c1cccc(I)c1. The molecule has 24 heavy (non-hydrogen) atoms. The van der Waals surface area contributed by atoms with E-state index in [2.05, 4.69) is 38.8 Å². The summed E-state index contributed by atoms with van der Waals surface area (Å²) in [6.07, 6.45) is 0.00506. The molecule has 2 aromatic carbocycles. The predicted molar refractivity (Wildman–Crippen MR) is 99.1 cm³/mol. The number of hydrogen-bond acceptors (Lipinski definition) is 3. The van der Waals surface area contributed by atoms with Crippen molar-refractivity contribution < 1.29 is 14.4 Å². The highest BCUT2D eigenvalue weighted by Gasteiger charge is 2.10. The van der Waals surface area contributed by atoms with Gasteiger partial charge in [0.2, 0.25) is 11.8 Å². The highest BCUT2D eigenvalue weighted by atomic mass is 127. The van der Waals surface area contributed by atoms with Crippen LogP contribution in [0.2, 0.25) is 0 Å². The van der Waals surface area contributed by atoms with E-state index < -0.39 is 11.8 Å². The molecule has 2 aromatic rings. The van der Waals surface area contributed by atoms with Crippen molar-refractivity contribution >= 4 is 46.0 Å². The molecule has 0 fully saturated rings. The molecule has 2 rings (SSSR count). The quantitative estimate of drug-likeness (QED) is 0.496. The fourth-order valence-corrected chi connectivity index (χ4v) is 2.41. The largest absolute Gasteiger partial charge is 0.326 e. The molecule has 0 aliphatic rings. The molecule has 3 amide bonds. The van der Waals surface area contributed by atoms with Crippen LogP contribution in [0.5, 0.6) is 0 Å². The number of nitrogens with one attached hydrogen (secondary N) is 3. The Morgan fingerprint density at radius 1 is 0.833 bits per heavy atom. The van der Waals surface area contributed by atoms with Crippen LogP contribution in [0.3, 0.4) is 0 Å². The number of anilines is 1. The lowest BCUT2D eigenvalue weighted by molar-refractivity contribution is -0.124. The number of halogens is 1. The van der Waals surface area contributed by atoms with Crippen LogP contribution in [0.25, 0.3) is 0 Å². The molecule has 0 atom stereocenters. The van der Waals surface area contributed by atoms with Crippen molar-refractivity contribution in [3.05, 3.63) is 63.7 Å². The van der Waals surface area contributed by atoms with Gasteiger partial charge < -0.3 is 5.32 Å². The van der Waals surface area contributed by atoms with Gasteiger partial charge in [-0.2, -0.15) is 0 Å². The number of benzene rings is 2. The number of hydrogen-bond donors (Lipinski definition) is 3. The fourth-order valence-electron chi connectivity index (χ4n) is 1.86. The van der Waals surface area contributed by atoms with Gasteiger partial charge in [0, 0.05) is 27.7 Å². The third-order valence-electron chi connectivity index (χ3n) is 3.04. The first kappa shape index (κ1) is 17.9. The van der Waals surface area contributed by atoms with Crippen LogP contribution >= 0.6 is 22.6 Å². The Hall–Kier alpha value is -2.42. The van der Waals surface area contributed by atoms with Crippen molar-refractivity contribution in [3.63, 3.8) is 0 Å². The summed E-state index contributed by atoms with van der Waals surface area (Å²) in [4.78, 5) is 35.3. The summed E-state index contributed by atoms with van der Waals surface area (Å²) in [7, 11) is 0. The van der Waals surface area contributed by atoms with Crippen LogP contribution in [0.4, 0.5) is 5.69 Å². The number of carbonyl (C=O) groups is 3. The molecular formula is C17H16IN3O3. The minimum absolute atomic E-state index is 0.0225. The Morgan fingerprint density at radius 2 is 1.54 bits per heavy atom. The molecule has 0 saturated heterocycles. The lowest BCUT2D eigenvalue weighted by atomic mass is 10.2. The van der Waals surface area contributed by atoms with Gasteiger partial charge in [-0.25, -0.2) is 0 Å². The maximum absolute atomic E-state index is 11.9. The number of amides is 3. The summed E-state index contributed by atoms with van der Waals surface area (Å²) in [5, 5.41) is 2.69. The summed E-state index contributed by atoms with van der Waals surface area (Å²) in [6, 6.07) is 16.0. The number of rotatable bonds is 5. The van der Waals surface area contributed by atoms with Crippen molar-refractivity contribution in [2.24, 2.45) is 0 Å². The molecule has 0 aromatic heterocycles. The van der Waals surface area contributed by atoms with Gasteiger partial charge in [0.15, 0.2) is 0 Å². The monoisotopic (exact) mass is 437 g/mol. The van der Waals surface area contributed by atoms with Gasteiger partial charge in [0.05, 0.1) is 0 Å². The van der Waals surface area contributed by atoms with Gasteiger partial charge in [0.25, 0.3) is 5.91 Å². The normalized spacial score (nSPS) is 9.88. The molecule has 0 spiro atoms. The lowest BCUT2D eigenvalue weighted by Crippen LogP contribution is -2.41. The molecule has 0 aliphatic carbocycles. The fraction of sp³-hybridized carbons (Fsp3) is 0.118. The van der Waals surface area contributed by atoms with Crippen LogP contribution in [0, 0.1) is 3.57 Å². The first-order chi connectivity index (χ1) is 11.5. The minimum atomic E-state index is -0.433. The van der Waals surface area contributed by atoms with Crippen molar-refractivity contribution in [3.8, 4) is 0 Å². The Morgan fingerprint density at radius 3 is 2.25 bits per heavy atom. The molecule has 0 radical (unpaired) electrons. The maximum atomic E-state index is 11.9. The smallest absolute Gasteiger partial charge is 0.269 e. The molecule has 0 unspecified atom stereocenters. The molecule has 0 saturated carbocycles. The van der Waals surface area contributed by atoms with Crippen LogP contribution in [-0.4, -0.2) is 17.7 Å². The van der Waals surface area contributed by atoms with Crippen molar-refractivity contribution in [2.75, 3.05) is 5.32 Å². The third-order valence-corrected chi connectivity index (χ3v) is 3.71. The van der Waals surface area contributed by atoms with E-state index in [0.717, 1.165) is 3.57 Å². The average molecular weight is 437 g/mol. The first-order valence-corrected chi connectivity index (χ1v) is 8.32. The molecule has 0 aliphatic heterocycles. The predicted octanol–water partition coefficient (Wildman–Crippen LogP) is 2.47. The first-order valence-electron chi connectivity index (χ1n) is 7.24. The van der Waals surface area contributed by atoms with Gasteiger partial charge >= 0.3 is 0 Å². The van der Waals surface area contributed by atoms with E-state index in [0.29, 0.717) is 11.3 Å². The Labute approximate surface area is 153 Å². The summed E-state index contributed by atoms with van der Waals surface area (Å²) in [5.41, 5.74) is 5.75. The van der Waals surface area contributed by atoms with E-state index in [1.54, 1.807) is 30.3 Å². The van der Waals surface area contributed by atoms with Crippen molar-refractivity contribution in [1.29, 1.82) is 0 Å². The second-order valence-electron chi connectivity index (χ2n) is 4.93. The van der Waals surface area contributed by atoms with E-state index in [1.165, 1.54) is 0 Å². The average Bonchev–Trinajstić information content (AvgIpc) is 2.58. The Bertz CT molecular complexity index is 735. The highest BCUT2D eigenvalue weighted by molar-refractivity contribution is 14.1. The zero-order valence-electron chi connectivity index (χ0n) is 12.7. The van der Waals surface area contributed by atoms with Crippen molar-refractivity contribution in [2.45, 2.75) is 12.8 Å². The lowest BCUT2D eigenvalue weighted by Gasteiger charge is -2.08. The molecule has 7 heteroatoms. The van der Waals surface area contributed by atoms with E-state index in [1.807, 2.05) is 24.3 Å². The van der Waals surface area contributed by atoms with Crippen LogP contribution < -0.4 is 16.2 Å². The molecule has 0 heterocycles. The van der Waals surface area contributed by atoms with Gasteiger partial charge in [-0.15, -0.1) is 0 Å². The van der Waals surface area contributed by atoms with E-state index in [9.17, 15) is 14.4 Å². The van der Waals surface area contributed by atoms with Crippen LogP contribution in [-0.2, 0) is 9.59 Å². The Balaban J connectivity index is 1.71. The van der Waals surface area contributed by atoms with Gasteiger partial charge in [0.1, 0.15) is 0 Å². The molecular weight excluding hydrogens is 421 g/mol. The summed E-state index contributed by atoms with van der Waals surface area (Å²) < 4.78 is 0.921. The maximum Gasteiger partial charge on any atom is 0.269 e.